The molecule has 0 aliphatic heterocycles. The lowest BCUT2D eigenvalue weighted by Gasteiger charge is -2.21. The summed E-state index contributed by atoms with van der Waals surface area (Å²) in [6, 6.07) is 0. The summed E-state index contributed by atoms with van der Waals surface area (Å²) in [7, 11) is -9.91. The fraction of sp³-hybridized carbons (Fsp3) is 0.949. The highest BCUT2D eigenvalue weighted by atomic mass is 31.2. The molecule has 17 nitrogen and oxygen atoms in total. The van der Waals surface area contributed by atoms with E-state index in [4.69, 9.17) is 37.0 Å². The van der Waals surface area contributed by atoms with Gasteiger partial charge in [-0.3, -0.25) is 37.3 Å². The number of unbranched alkanes of at least 4 members (excludes halogenated alkanes) is 50. The van der Waals surface area contributed by atoms with E-state index in [0.717, 1.165) is 102 Å². The number of esters is 4. The van der Waals surface area contributed by atoms with Crippen molar-refractivity contribution in [3.8, 4) is 0 Å². The van der Waals surface area contributed by atoms with Crippen LogP contribution in [0.5, 0.6) is 0 Å². The maximum Gasteiger partial charge on any atom is 0.472 e. The Bertz CT molecular complexity index is 1880. The Morgan fingerprint density at radius 1 is 0.286 bits per heavy atom. The van der Waals surface area contributed by atoms with Gasteiger partial charge in [-0.05, 0) is 31.6 Å². The lowest BCUT2D eigenvalue weighted by molar-refractivity contribution is -0.161. The third-order valence-electron chi connectivity index (χ3n) is 18.9. The molecule has 0 rings (SSSR count). The van der Waals surface area contributed by atoms with Gasteiger partial charge in [0.1, 0.15) is 19.3 Å². The summed E-state index contributed by atoms with van der Waals surface area (Å²) in [5, 5.41) is 10.6. The number of carbonyl (C=O) groups is 4. The van der Waals surface area contributed by atoms with Crippen molar-refractivity contribution in [3.05, 3.63) is 0 Å². The molecule has 0 spiro atoms. The second kappa shape index (κ2) is 72.0. The molecule has 0 aromatic heterocycles. The zero-order chi connectivity index (χ0) is 71.9. The molecule has 19 heteroatoms. The summed E-state index contributed by atoms with van der Waals surface area (Å²) in [5.41, 5.74) is 0. The molecule has 98 heavy (non-hydrogen) atoms. The number of ether oxygens (including phenoxy) is 4. The second-order valence-corrected chi connectivity index (χ2v) is 31.6. The van der Waals surface area contributed by atoms with Crippen LogP contribution in [-0.2, 0) is 65.4 Å². The predicted octanol–water partition coefficient (Wildman–Crippen LogP) is 23.6. The van der Waals surface area contributed by atoms with Crippen molar-refractivity contribution in [1.82, 2.24) is 0 Å². The Labute approximate surface area is 600 Å². The maximum atomic E-state index is 13.1. The van der Waals surface area contributed by atoms with Gasteiger partial charge in [0, 0.05) is 25.7 Å². The van der Waals surface area contributed by atoms with E-state index in [0.29, 0.717) is 25.7 Å². The highest BCUT2D eigenvalue weighted by Gasteiger charge is 2.30. The van der Waals surface area contributed by atoms with Crippen molar-refractivity contribution < 1.29 is 80.2 Å². The third kappa shape index (κ3) is 71.1. The van der Waals surface area contributed by atoms with Crippen molar-refractivity contribution in [2.24, 2.45) is 5.92 Å². The van der Waals surface area contributed by atoms with Crippen LogP contribution in [0.25, 0.3) is 0 Å². The van der Waals surface area contributed by atoms with Gasteiger partial charge in [0.15, 0.2) is 12.2 Å². The second-order valence-electron chi connectivity index (χ2n) is 28.7. The number of aliphatic hydroxyl groups excluding tert-OH is 1. The average Bonchev–Trinajstić information content (AvgIpc) is 1.04. The Hall–Kier alpha value is -1.94. The van der Waals surface area contributed by atoms with E-state index in [1.54, 1.807) is 0 Å². The van der Waals surface area contributed by atoms with Crippen molar-refractivity contribution in [3.63, 3.8) is 0 Å². The van der Waals surface area contributed by atoms with E-state index in [-0.39, 0.29) is 25.7 Å². The smallest absolute Gasteiger partial charge is 0.462 e. The number of phosphoric ester groups is 2. The molecular weight excluding hydrogens is 1280 g/mol. The molecule has 0 saturated heterocycles. The van der Waals surface area contributed by atoms with E-state index in [9.17, 15) is 43.2 Å². The van der Waals surface area contributed by atoms with Crippen LogP contribution >= 0.6 is 15.6 Å². The predicted molar refractivity (Wildman–Crippen MR) is 400 cm³/mol. The molecule has 0 amide bonds. The van der Waals surface area contributed by atoms with Gasteiger partial charge in [-0.1, -0.05) is 369 Å². The first kappa shape index (κ1) is 96.1. The number of aliphatic hydroxyl groups is 1. The van der Waals surface area contributed by atoms with Crippen LogP contribution in [0.15, 0.2) is 0 Å². The Morgan fingerprint density at radius 3 is 0.724 bits per heavy atom. The number of hydrogen-bond donors (Lipinski definition) is 3. The summed E-state index contributed by atoms with van der Waals surface area (Å²) in [4.78, 5) is 72.8. The Balaban J connectivity index is 5.19. The summed E-state index contributed by atoms with van der Waals surface area (Å²) >= 11 is 0. The van der Waals surface area contributed by atoms with Gasteiger partial charge < -0.3 is 33.8 Å². The molecule has 0 aliphatic carbocycles. The standard InChI is InChI=1S/C79H154O17P2/c1-6-10-13-16-19-22-24-26-27-28-29-30-31-32-37-41-45-50-55-60-65-79(84)96-75(69-90-77(82)63-58-53-48-43-40-36-34-33-35-38-42-46-51-56-61-72(5)9-4)71-94-98(87,88)92-67-73(80)66-91-97(85,86)93-70-74(68-89-76(81)62-57-52-47-21-18-15-12-8-3)95-78(83)64-59-54-49-44-39-25-23-20-17-14-11-7-2/h72-75,80H,6-71H2,1-5H3,(H,85,86)(H,87,88)/t72?,73-,74+,75+/m0/s1. The minimum absolute atomic E-state index is 0.108. The largest absolute Gasteiger partial charge is 0.472 e. The van der Waals surface area contributed by atoms with Crippen molar-refractivity contribution >= 4 is 39.5 Å². The van der Waals surface area contributed by atoms with E-state index in [2.05, 4.69) is 34.6 Å². The molecule has 0 saturated carbocycles. The van der Waals surface area contributed by atoms with Crippen LogP contribution in [-0.4, -0.2) is 96.7 Å². The van der Waals surface area contributed by atoms with Crippen LogP contribution in [0.1, 0.15) is 420 Å². The summed E-state index contributed by atoms with van der Waals surface area (Å²) in [6.07, 6.45) is 62.5. The fourth-order valence-electron chi connectivity index (χ4n) is 12.2. The van der Waals surface area contributed by atoms with E-state index in [1.807, 2.05) is 0 Å². The lowest BCUT2D eigenvalue weighted by Crippen LogP contribution is -2.30. The molecular formula is C79H154O17P2. The van der Waals surface area contributed by atoms with Gasteiger partial charge in [0.2, 0.25) is 0 Å². The zero-order valence-electron chi connectivity index (χ0n) is 63.9. The summed E-state index contributed by atoms with van der Waals surface area (Å²) in [6.45, 7) is 7.34. The van der Waals surface area contributed by atoms with Crippen LogP contribution in [0.2, 0.25) is 0 Å². The van der Waals surface area contributed by atoms with Gasteiger partial charge in [0.25, 0.3) is 0 Å². The van der Waals surface area contributed by atoms with Crippen LogP contribution in [0, 0.1) is 5.92 Å². The SMILES string of the molecule is CCCCCCCCCCCCCCCCCCCCCCC(=O)O[C@H](COC(=O)CCCCCCCCCCCCCCCCC(C)CC)COP(=O)(O)OC[C@@H](O)COP(=O)(O)OC[C@@H](COC(=O)CCCCCCCCCC)OC(=O)CCCCCCCCCCCCCC. The fourth-order valence-corrected chi connectivity index (χ4v) is 13.8. The Kier molecular flexibility index (Phi) is 70.6. The number of phosphoric acid groups is 2. The Morgan fingerprint density at radius 2 is 0.490 bits per heavy atom. The molecule has 0 aliphatic rings. The van der Waals surface area contributed by atoms with Crippen LogP contribution < -0.4 is 0 Å². The third-order valence-corrected chi connectivity index (χ3v) is 20.8. The lowest BCUT2D eigenvalue weighted by atomic mass is 9.99. The van der Waals surface area contributed by atoms with Crippen molar-refractivity contribution in [2.75, 3.05) is 39.6 Å². The highest BCUT2D eigenvalue weighted by Crippen LogP contribution is 2.45. The first-order chi connectivity index (χ1) is 47.6. The van der Waals surface area contributed by atoms with E-state index >= 15 is 0 Å². The molecule has 0 bridgehead atoms. The molecule has 0 aromatic rings. The molecule has 0 fully saturated rings. The van der Waals surface area contributed by atoms with Crippen molar-refractivity contribution in [1.29, 1.82) is 0 Å². The molecule has 582 valence electrons. The minimum atomic E-state index is -4.96. The molecule has 3 unspecified atom stereocenters. The van der Waals surface area contributed by atoms with Gasteiger partial charge >= 0.3 is 39.5 Å². The number of carbonyl (C=O) groups excluding carboxylic acids is 4. The highest BCUT2D eigenvalue weighted by molar-refractivity contribution is 7.47. The molecule has 0 aromatic carbocycles. The van der Waals surface area contributed by atoms with Crippen LogP contribution in [0.3, 0.4) is 0 Å². The number of hydrogen-bond acceptors (Lipinski definition) is 15. The van der Waals surface area contributed by atoms with E-state index < -0.39 is 97.5 Å². The topological polar surface area (TPSA) is 237 Å². The minimum Gasteiger partial charge on any atom is -0.462 e. The normalized spacial score (nSPS) is 14.2. The average molecular weight is 1440 g/mol. The first-order valence-electron chi connectivity index (χ1n) is 41.2. The summed E-state index contributed by atoms with van der Waals surface area (Å²) < 4.78 is 68.5. The molecule has 0 heterocycles. The van der Waals surface area contributed by atoms with Crippen LogP contribution in [0.4, 0.5) is 0 Å². The molecule has 6 atom stereocenters. The maximum absolute atomic E-state index is 13.1. The first-order valence-corrected chi connectivity index (χ1v) is 44.2. The van der Waals surface area contributed by atoms with Gasteiger partial charge in [-0.15, -0.1) is 0 Å². The molecule has 3 N–H and O–H groups in total. The van der Waals surface area contributed by atoms with Gasteiger partial charge in [-0.25, -0.2) is 9.13 Å². The molecule has 0 radical (unpaired) electrons. The van der Waals surface area contributed by atoms with Gasteiger partial charge in [-0.2, -0.15) is 0 Å². The zero-order valence-corrected chi connectivity index (χ0v) is 65.7. The van der Waals surface area contributed by atoms with E-state index in [1.165, 1.54) is 238 Å². The monoisotopic (exact) mass is 1440 g/mol. The number of rotatable bonds is 79. The summed E-state index contributed by atoms with van der Waals surface area (Å²) in [5.74, 6) is -1.26. The van der Waals surface area contributed by atoms with Gasteiger partial charge in [0.05, 0.1) is 26.4 Å². The quantitative estimate of drug-likeness (QED) is 0.0222. The van der Waals surface area contributed by atoms with Crippen molar-refractivity contribution in [2.45, 2.75) is 438 Å².